The van der Waals surface area contributed by atoms with Crippen molar-refractivity contribution in [2.24, 2.45) is 0 Å². The first-order chi connectivity index (χ1) is 6.84. The Morgan fingerprint density at radius 2 is 1.86 bits per heavy atom. The minimum Gasteiger partial charge on any atom is -0.349 e. The molecule has 1 nitrogen and oxygen atoms in total. The summed E-state index contributed by atoms with van der Waals surface area (Å²) in [7, 11) is 0. The third kappa shape index (κ3) is 1.04. The fourth-order valence-corrected chi connectivity index (χ4v) is 2.30. The topological polar surface area (TPSA) is 12.0 Å². The zero-order valence-electron chi connectivity index (χ0n) is 7.58. The van der Waals surface area contributed by atoms with Gasteiger partial charge < -0.3 is 5.32 Å². The van der Waals surface area contributed by atoms with Crippen LogP contribution in [0.3, 0.4) is 0 Å². The zero-order valence-corrected chi connectivity index (χ0v) is 8.40. The molecule has 1 heterocycles. The fraction of sp³-hybridized carbons (Fsp3) is 0.0833. The van der Waals surface area contributed by atoms with Gasteiger partial charge in [0.1, 0.15) is 0 Å². The van der Waals surface area contributed by atoms with Crippen molar-refractivity contribution < 1.29 is 0 Å². The highest BCUT2D eigenvalue weighted by atomic mass is 32.1. The summed E-state index contributed by atoms with van der Waals surface area (Å²) in [6.45, 7) is 0. The van der Waals surface area contributed by atoms with Gasteiger partial charge in [-0.15, -0.1) is 0 Å². The van der Waals surface area contributed by atoms with Crippen LogP contribution in [0, 0.1) is 0 Å². The summed E-state index contributed by atoms with van der Waals surface area (Å²) in [4.78, 5) is 0.913. The summed E-state index contributed by atoms with van der Waals surface area (Å²) in [5, 5.41) is 5.87. The molecule has 0 unspecified atom stereocenters. The summed E-state index contributed by atoms with van der Waals surface area (Å²) in [6.07, 6.45) is 0.865. The molecule has 0 fully saturated rings. The van der Waals surface area contributed by atoms with E-state index in [1.165, 1.54) is 16.3 Å². The molecule has 2 heteroatoms. The smallest absolute Gasteiger partial charge is 0.0842 e. The number of anilines is 1. The second-order valence-corrected chi connectivity index (χ2v) is 4.04. The van der Waals surface area contributed by atoms with Crippen LogP contribution in [0.25, 0.3) is 10.8 Å². The minimum absolute atomic E-state index is 0.865. The second-order valence-electron chi connectivity index (χ2n) is 3.55. The number of hydrogen-bond acceptors (Lipinski definition) is 1. The maximum Gasteiger partial charge on any atom is 0.0842 e. The monoisotopic (exact) mass is 199 g/mol. The Hall–Kier alpha value is -1.41. The Kier molecular flexibility index (Phi) is 1.58. The van der Waals surface area contributed by atoms with Gasteiger partial charge in [-0.3, -0.25) is 0 Å². The highest BCUT2D eigenvalue weighted by Crippen LogP contribution is 2.30. The van der Waals surface area contributed by atoms with Crippen molar-refractivity contribution in [1.82, 2.24) is 0 Å². The summed E-state index contributed by atoms with van der Waals surface area (Å²) >= 11 is 5.22. The second kappa shape index (κ2) is 2.79. The molecule has 0 saturated carbocycles. The molecule has 1 aliphatic rings. The number of rotatable bonds is 0. The van der Waals surface area contributed by atoms with Gasteiger partial charge in [-0.1, -0.05) is 42.5 Å². The Morgan fingerprint density at radius 3 is 2.71 bits per heavy atom. The first-order valence-corrected chi connectivity index (χ1v) is 5.06. The lowest BCUT2D eigenvalue weighted by Crippen LogP contribution is -2.17. The quantitative estimate of drug-likeness (QED) is 0.654. The Bertz CT molecular complexity index is 488. The third-order valence-electron chi connectivity index (χ3n) is 2.62. The lowest BCUT2D eigenvalue weighted by Gasteiger charge is -2.19. The van der Waals surface area contributed by atoms with Crippen molar-refractivity contribution in [2.45, 2.75) is 6.42 Å². The molecule has 0 amide bonds. The molecule has 0 spiro atoms. The standard InChI is InChI=1S/C12H9NS/c14-11-7-9-5-1-3-8-4-2-6-10(13-11)12(8)9/h1-6H,7H2,(H,13,14). The number of thiocarbonyl (C=S) groups is 1. The molecule has 0 aromatic heterocycles. The van der Waals surface area contributed by atoms with Crippen LogP contribution in [0.2, 0.25) is 0 Å². The fourth-order valence-electron chi connectivity index (χ4n) is 2.04. The zero-order chi connectivity index (χ0) is 9.54. The van der Waals surface area contributed by atoms with Crippen LogP contribution >= 0.6 is 12.2 Å². The van der Waals surface area contributed by atoms with E-state index in [4.69, 9.17) is 12.2 Å². The van der Waals surface area contributed by atoms with E-state index in [0.29, 0.717) is 0 Å². The maximum atomic E-state index is 5.22. The number of nitrogens with one attached hydrogen (secondary N) is 1. The van der Waals surface area contributed by atoms with Gasteiger partial charge >= 0.3 is 0 Å². The maximum absolute atomic E-state index is 5.22. The SMILES string of the molecule is S=C1Cc2cccc3cccc(c23)N1. The number of hydrogen-bond donors (Lipinski definition) is 1. The lowest BCUT2D eigenvalue weighted by molar-refractivity contribution is 1.35. The molecule has 68 valence electrons. The highest BCUT2D eigenvalue weighted by molar-refractivity contribution is 7.80. The molecule has 0 bridgehead atoms. The molecular formula is C12H9NS. The van der Waals surface area contributed by atoms with Crippen molar-refractivity contribution in [3.8, 4) is 0 Å². The van der Waals surface area contributed by atoms with Crippen molar-refractivity contribution in [3.63, 3.8) is 0 Å². The minimum atomic E-state index is 0.865. The predicted molar refractivity (Wildman–Crippen MR) is 63.9 cm³/mol. The van der Waals surface area contributed by atoms with Crippen LogP contribution < -0.4 is 5.32 Å². The van der Waals surface area contributed by atoms with Crippen molar-refractivity contribution in [3.05, 3.63) is 42.0 Å². The van der Waals surface area contributed by atoms with E-state index in [9.17, 15) is 0 Å². The molecule has 0 aliphatic carbocycles. The van der Waals surface area contributed by atoms with Crippen LogP contribution in [0.4, 0.5) is 5.69 Å². The molecule has 0 atom stereocenters. The Balaban J connectivity index is 2.45. The van der Waals surface area contributed by atoms with E-state index >= 15 is 0 Å². The van der Waals surface area contributed by atoms with Crippen LogP contribution in [0.5, 0.6) is 0 Å². The van der Waals surface area contributed by atoms with Gasteiger partial charge in [0.25, 0.3) is 0 Å². The first-order valence-electron chi connectivity index (χ1n) is 4.65. The van der Waals surface area contributed by atoms with E-state index < -0.39 is 0 Å². The summed E-state index contributed by atoms with van der Waals surface area (Å²) in [6, 6.07) is 12.7. The van der Waals surface area contributed by atoms with E-state index in [2.05, 4.69) is 41.7 Å². The first kappa shape index (κ1) is 7.94. The van der Waals surface area contributed by atoms with Crippen molar-refractivity contribution in [1.29, 1.82) is 0 Å². The van der Waals surface area contributed by atoms with E-state index in [0.717, 1.165) is 17.1 Å². The molecule has 1 aliphatic heterocycles. The summed E-state index contributed by atoms with van der Waals surface area (Å²) < 4.78 is 0. The predicted octanol–water partition coefficient (Wildman–Crippen LogP) is 3.14. The van der Waals surface area contributed by atoms with Gasteiger partial charge in [0.05, 0.1) is 4.99 Å². The molecule has 2 aromatic rings. The van der Waals surface area contributed by atoms with Gasteiger partial charge in [0.2, 0.25) is 0 Å². The van der Waals surface area contributed by atoms with Crippen molar-refractivity contribution in [2.75, 3.05) is 5.32 Å². The number of benzene rings is 2. The molecule has 3 rings (SSSR count). The normalized spacial score (nSPS) is 14.1. The van der Waals surface area contributed by atoms with Crippen molar-refractivity contribution >= 4 is 33.7 Å². The van der Waals surface area contributed by atoms with Gasteiger partial charge in [-0.25, -0.2) is 0 Å². The molecular weight excluding hydrogens is 190 g/mol. The van der Waals surface area contributed by atoms with E-state index in [-0.39, 0.29) is 0 Å². The lowest BCUT2D eigenvalue weighted by atomic mass is 9.98. The van der Waals surface area contributed by atoms with Crippen LogP contribution in [0.15, 0.2) is 36.4 Å². The van der Waals surface area contributed by atoms with E-state index in [1.54, 1.807) is 0 Å². The molecule has 14 heavy (non-hydrogen) atoms. The van der Waals surface area contributed by atoms with E-state index in [1.807, 2.05) is 0 Å². The van der Waals surface area contributed by atoms with Gasteiger partial charge in [0.15, 0.2) is 0 Å². The average molecular weight is 199 g/mol. The Labute approximate surface area is 87.7 Å². The van der Waals surface area contributed by atoms with Crippen LogP contribution in [-0.2, 0) is 6.42 Å². The summed E-state index contributed by atoms with van der Waals surface area (Å²) in [5.41, 5.74) is 2.48. The van der Waals surface area contributed by atoms with Gasteiger partial charge in [-0.2, -0.15) is 0 Å². The molecule has 1 N–H and O–H groups in total. The largest absolute Gasteiger partial charge is 0.349 e. The van der Waals surface area contributed by atoms with Crippen LogP contribution in [-0.4, -0.2) is 4.99 Å². The highest BCUT2D eigenvalue weighted by Gasteiger charge is 2.13. The average Bonchev–Trinajstić information content (AvgIpc) is 2.18. The third-order valence-corrected chi connectivity index (χ3v) is 2.86. The van der Waals surface area contributed by atoms with Gasteiger partial charge in [-0.05, 0) is 17.0 Å². The molecule has 2 aromatic carbocycles. The molecule has 0 radical (unpaired) electrons. The molecule has 0 saturated heterocycles. The summed E-state index contributed by atoms with van der Waals surface area (Å²) in [5.74, 6) is 0. The van der Waals surface area contributed by atoms with Crippen LogP contribution in [0.1, 0.15) is 5.56 Å². The van der Waals surface area contributed by atoms with Gasteiger partial charge in [0, 0.05) is 17.5 Å². The Morgan fingerprint density at radius 1 is 1.07 bits per heavy atom.